The molecule has 0 amide bonds. The van der Waals surface area contributed by atoms with Crippen molar-refractivity contribution < 1.29 is 0 Å². The Hall–Kier alpha value is -0.860. The quantitative estimate of drug-likeness (QED) is 0.661. The highest BCUT2D eigenvalue weighted by molar-refractivity contribution is 5.34. The lowest BCUT2D eigenvalue weighted by Gasteiger charge is -2.07. The van der Waals surface area contributed by atoms with Gasteiger partial charge in [-0.05, 0) is 29.7 Å². The summed E-state index contributed by atoms with van der Waals surface area (Å²) in [6, 6.07) is 6.89. The molecule has 0 aliphatic carbocycles. The average molecular weight is 260 g/mol. The molecule has 1 aromatic rings. The summed E-state index contributed by atoms with van der Waals surface area (Å²) in [5.74, 6) is 0. The molecule has 2 N–H and O–H groups in total. The molecule has 0 fully saturated rings. The first-order valence-corrected chi connectivity index (χ1v) is 7.92. The van der Waals surface area contributed by atoms with E-state index in [1.807, 2.05) is 0 Å². The van der Waals surface area contributed by atoms with E-state index < -0.39 is 0 Å². The fraction of sp³-hybridized carbons (Fsp3) is 0.647. The molecule has 1 aromatic carbocycles. The number of benzene rings is 1. The molecule has 0 saturated carbocycles. The van der Waals surface area contributed by atoms with Crippen LogP contribution in [0.15, 0.2) is 18.2 Å². The highest BCUT2D eigenvalue weighted by Crippen LogP contribution is 2.16. The molecule has 0 saturated heterocycles. The van der Waals surface area contributed by atoms with Crippen molar-refractivity contribution in [2.24, 2.45) is 0 Å². The van der Waals surface area contributed by atoms with Crippen molar-refractivity contribution >= 4 is 0 Å². The Bertz CT molecular complexity index is 374. The van der Waals surface area contributed by atoms with Crippen LogP contribution in [0.4, 0.5) is 0 Å². The van der Waals surface area contributed by atoms with Crippen LogP contribution in [-0.2, 0) is 19.6 Å². The molecule has 19 heavy (non-hydrogen) atoms. The van der Waals surface area contributed by atoms with Crippen molar-refractivity contribution in [2.45, 2.75) is 65.1 Å². The van der Waals surface area contributed by atoms with Crippen LogP contribution in [0.2, 0.25) is 0 Å². The molecule has 0 radical (unpaired) electrons. The van der Waals surface area contributed by atoms with Gasteiger partial charge in [0.05, 0.1) is 0 Å². The smallest absolute Gasteiger partial charge is 0.0212 e. The lowest BCUT2D eigenvalue weighted by atomic mass is 10.1. The first-order valence-electron chi connectivity index (χ1n) is 7.92. The molecule has 0 aromatic heterocycles. The van der Waals surface area contributed by atoms with Crippen molar-refractivity contribution in [1.82, 2.24) is 10.6 Å². The van der Waals surface area contributed by atoms with Crippen LogP contribution in [-0.4, -0.2) is 6.54 Å². The Morgan fingerprint density at radius 1 is 1.00 bits per heavy atom. The van der Waals surface area contributed by atoms with Gasteiger partial charge in [-0.15, -0.1) is 0 Å². The third-order valence-electron chi connectivity index (χ3n) is 3.94. The second-order valence-corrected chi connectivity index (χ2v) is 5.65. The third-order valence-corrected chi connectivity index (χ3v) is 3.94. The molecule has 106 valence electrons. The Labute approximate surface area is 118 Å². The fourth-order valence-corrected chi connectivity index (χ4v) is 2.72. The Morgan fingerprint density at radius 3 is 2.68 bits per heavy atom. The van der Waals surface area contributed by atoms with Crippen molar-refractivity contribution in [1.29, 1.82) is 0 Å². The highest BCUT2D eigenvalue weighted by Gasteiger charge is 2.09. The van der Waals surface area contributed by atoms with E-state index >= 15 is 0 Å². The maximum atomic E-state index is 3.56. The Balaban J connectivity index is 1.56. The van der Waals surface area contributed by atoms with E-state index in [1.54, 1.807) is 0 Å². The minimum atomic E-state index is 1.02. The number of nitrogens with one attached hydrogen (secondary N) is 2. The van der Waals surface area contributed by atoms with Crippen molar-refractivity contribution in [3.8, 4) is 0 Å². The van der Waals surface area contributed by atoms with E-state index in [4.69, 9.17) is 0 Å². The summed E-state index contributed by atoms with van der Waals surface area (Å²) in [4.78, 5) is 0. The number of hydrogen-bond donors (Lipinski definition) is 2. The number of rotatable bonds is 9. The van der Waals surface area contributed by atoms with E-state index in [1.165, 1.54) is 55.2 Å². The zero-order valence-corrected chi connectivity index (χ0v) is 12.3. The number of fused-ring (bicyclic) bond motifs is 1. The molecular formula is C17H28N2. The zero-order valence-electron chi connectivity index (χ0n) is 12.3. The van der Waals surface area contributed by atoms with Crippen LogP contribution in [0.3, 0.4) is 0 Å². The van der Waals surface area contributed by atoms with Crippen LogP contribution in [0, 0.1) is 0 Å². The van der Waals surface area contributed by atoms with Crippen LogP contribution < -0.4 is 10.6 Å². The predicted octanol–water partition coefficient (Wildman–Crippen LogP) is 3.74. The third kappa shape index (κ3) is 4.96. The minimum absolute atomic E-state index is 1.02. The van der Waals surface area contributed by atoms with Crippen LogP contribution >= 0.6 is 0 Å². The minimum Gasteiger partial charge on any atom is -0.313 e. The van der Waals surface area contributed by atoms with Crippen molar-refractivity contribution in [2.75, 3.05) is 6.54 Å². The normalized spacial score (nSPS) is 13.7. The lowest BCUT2D eigenvalue weighted by molar-refractivity contribution is 0.572. The summed E-state index contributed by atoms with van der Waals surface area (Å²) in [5, 5.41) is 6.96. The summed E-state index contributed by atoms with van der Waals surface area (Å²) < 4.78 is 0. The SMILES string of the molecule is CCCCCCCCNCc1ccc2c(c1)CNC2. The second kappa shape index (κ2) is 8.34. The molecule has 0 bridgehead atoms. The molecular weight excluding hydrogens is 232 g/mol. The summed E-state index contributed by atoms with van der Waals surface area (Å²) >= 11 is 0. The van der Waals surface area contributed by atoms with Crippen LogP contribution in [0.25, 0.3) is 0 Å². The van der Waals surface area contributed by atoms with Gasteiger partial charge in [-0.1, -0.05) is 57.2 Å². The maximum absolute atomic E-state index is 3.56. The molecule has 2 heteroatoms. The highest BCUT2D eigenvalue weighted by atomic mass is 14.9. The standard InChI is InChI=1S/C17H28N2/c1-2-3-4-5-6-7-10-18-12-15-8-9-16-13-19-14-17(16)11-15/h8-9,11,18-19H,2-7,10,12-14H2,1H3. The van der Waals surface area contributed by atoms with Crippen LogP contribution in [0.5, 0.6) is 0 Å². The van der Waals surface area contributed by atoms with Crippen molar-refractivity contribution in [3.63, 3.8) is 0 Å². The van der Waals surface area contributed by atoms with Gasteiger partial charge >= 0.3 is 0 Å². The predicted molar refractivity (Wildman–Crippen MR) is 82.1 cm³/mol. The fourth-order valence-electron chi connectivity index (χ4n) is 2.72. The van der Waals surface area contributed by atoms with E-state index in [2.05, 4.69) is 35.8 Å². The summed E-state index contributed by atoms with van der Waals surface area (Å²) in [5.41, 5.74) is 4.38. The Morgan fingerprint density at radius 2 is 1.79 bits per heavy atom. The molecule has 0 unspecified atom stereocenters. The first kappa shape index (κ1) is 14.5. The second-order valence-electron chi connectivity index (χ2n) is 5.65. The van der Waals surface area contributed by atoms with Gasteiger partial charge in [0.2, 0.25) is 0 Å². The van der Waals surface area contributed by atoms with Gasteiger partial charge in [0.15, 0.2) is 0 Å². The van der Waals surface area contributed by atoms with Gasteiger partial charge in [0.25, 0.3) is 0 Å². The largest absolute Gasteiger partial charge is 0.313 e. The first-order chi connectivity index (χ1) is 9.40. The molecule has 1 aliphatic heterocycles. The van der Waals surface area contributed by atoms with Gasteiger partial charge in [-0.25, -0.2) is 0 Å². The Kier molecular flexibility index (Phi) is 6.38. The number of hydrogen-bond acceptors (Lipinski definition) is 2. The van der Waals surface area contributed by atoms with Gasteiger partial charge in [-0.2, -0.15) is 0 Å². The summed E-state index contributed by atoms with van der Waals surface area (Å²) in [6.45, 7) is 6.53. The van der Waals surface area contributed by atoms with Gasteiger partial charge in [0, 0.05) is 19.6 Å². The molecule has 1 heterocycles. The zero-order chi connectivity index (χ0) is 13.3. The van der Waals surface area contributed by atoms with Gasteiger partial charge < -0.3 is 10.6 Å². The maximum Gasteiger partial charge on any atom is 0.0212 e. The molecule has 2 rings (SSSR count). The topological polar surface area (TPSA) is 24.1 Å². The van der Waals surface area contributed by atoms with Crippen LogP contribution in [0.1, 0.15) is 62.1 Å². The van der Waals surface area contributed by atoms with E-state index in [0.29, 0.717) is 0 Å². The van der Waals surface area contributed by atoms with Gasteiger partial charge in [0.1, 0.15) is 0 Å². The molecule has 0 spiro atoms. The average Bonchev–Trinajstić information content (AvgIpc) is 2.89. The molecule has 1 aliphatic rings. The van der Waals surface area contributed by atoms with E-state index in [9.17, 15) is 0 Å². The summed E-state index contributed by atoms with van der Waals surface area (Å²) in [6.07, 6.45) is 8.24. The number of unbranched alkanes of at least 4 members (excludes halogenated alkanes) is 5. The van der Waals surface area contributed by atoms with Gasteiger partial charge in [-0.3, -0.25) is 0 Å². The van der Waals surface area contributed by atoms with E-state index in [0.717, 1.165) is 26.2 Å². The lowest BCUT2D eigenvalue weighted by Crippen LogP contribution is -2.14. The van der Waals surface area contributed by atoms with E-state index in [-0.39, 0.29) is 0 Å². The molecule has 2 nitrogen and oxygen atoms in total. The summed E-state index contributed by atoms with van der Waals surface area (Å²) in [7, 11) is 0. The van der Waals surface area contributed by atoms with Crippen molar-refractivity contribution in [3.05, 3.63) is 34.9 Å². The monoisotopic (exact) mass is 260 g/mol. The molecule has 0 atom stereocenters.